The number of ether oxygens (including phenoxy) is 1. The van der Waals surface area contributed by atoms with Gasteiger partial charge in [0.2, 0.25) is 0 Å². The second-order valence-electron chi connectivity index (χ2n) is 6.71. The van der Waals surface area contributed by atoms with Gasteiger partial charge in [-0.05, 0) is 25.5 Å². The van der Waals surface area contributed by atoms with Gasteiger partial charge < -0.3 is 9.84 Å². The van der Waals surface area contributed by atoms with Crippen molar-refractivity contribution >= 4 is 32.7 Å². The fraction of sp³-hybridized carbons (Fsp3) is 0.562. The fourth-order valence-electron chi connectivity index (χ4n) is 3.64. The Bertz CT molecular complexity index is 876. The third-order valence-electron chi connectivity index (χ3n) is 5.21. The highest BCUT2D eigenvalue weighted by Gasteiger charge is 2.51. The molecule has 0 aromatic carbocycles. The predicted octanol–water partition coefficient (Wildman–Crippen LogP) is 2.20. The summed E-state index contributed by atoms with van der Waals surface area (Å²) in [5, 5.41) is 12.8. The van der Waals surface area contributed by atoms with Gasteiger partial charge in [-0.2, -0.15) is 4.31 Å². The normalized spacial score (nSPS) is 27.5. The molecule has 2 fully saturated rings. The first kappa shape index (κ1) is 17.6. The summed E-state index contributed by atoms with van der Waals surface area (Å²) in [4.78, 5) is 5.29. The maximum Gasteiger partial charge on any atom is 0.252 e. The fourth-order valence-corrected chi connectivity index (χ4v) is 7.33. The second-order valence-corrected chi connectivity index (χ2v) is 11.0. The van der Waals surface area contributed by atoms with E-state index in [1.54, 1.807) is 17.4 Å². The van der Waals surface area contributed by atoms with Crippen LogP contribution in [0.2, 0.25) is 0 Å². The number of sulfonamides is 1. The van der Waals surface area contributed by atoms with Crippen molar-refractivity contribution in [1.29, 1.82) is 0 Å². The van der Waals surface area contributed by atoms with Gasteiger partial charge in [0, 0.05) is 36.4 Å². The van der Waals surface area contributed by atoms with Crippen LogP contribution in [0.1, 0.15) is 11.4 Å². The molecule has 2 saturated heterocycles. The van der Waals surface area contributed by atoms with Crippen LogP contribution in [0.3, 0.4) is 0 Å². The average molecular weight is 401 g/mol. The van der Waals surface area contributed by atoms with Crippen LogP contribution in [0.4, 0.5) is 0 Å². The molecular weight excluding hydrogens is 380 g/mol. The largest absolute Gasteiger partial charge is 0.396 e. The molecule has 2 aliphatic rings. The Morgan fingerprint density at radius 2 is 2.32 bits per heavy atom. The molecule has 0 radical (unpaired) electrons. The van der Waals surface area contributed by atoms with E-state index in [4.69, 9.17) is 4.74 Å². The molecule has 2 atom stereocenters. The molecule has 9 heteroatoms. The summed E-state index contributed by atoms with van der Waals surface area (Å²) < 4.78 is 33.5. The number of aliphatic hydroxyl groups excluding tert-OH is 1. The van der Waals surface area contributed by atoms with E-state index in [0.29, 0.717) is 36.9 Å². The van der Waals surface area contributed by atoms with E-state index in [2.05, 4.69) is 4.98 Å². The summed E-state index contributed by atoms with van der Waals surface area (Å²) in [5.74, 6) is 0.0571. The number of thiazole rings is 1. The van der Waals surface area contributed by atoms with Crippen LogP contribution >= 0.6 is 22.7 Å². The second kappa shape index (κ2) is 6.40. The van der Waals surface area contributed by atoms with Crippen molar-refractivity contribution in [3.63, 3.8) is 0 Å². The summed E-state index contributed by atoms with van der Waals surface area (Å²) in [7, 11) is -3.56. The lowest BCUT2D eigenvalue weighted by atomic mass is 9.75. The summed E-state index contributed by atoms with van der Waals surface area (Å²) >= 11 is 2.80. The van der Waals surface area contributed by atoms with Gasteiger partial charge in [-0.25, -0.2) is 13.4 Å². The Morgan fingerprint density at radius 1 is 1.48 bits per heavy atom. The average Bonchev–Trinajstić information content (AvgIpc) is 3.32. The number of nitrogens with zero attached hydrogens (tertiary/aromatic N) is 2. The zero-order valence-electron chi connectivity index (χ0n) is 13.8. The van der Waals surface area contributed by atoms with Crippen LogP contribution < -0.4 is 0 Å². The van der Waals surface area contributed by atoms with E-state index in [0.717, 1.165) is 15.6 Å². The van der Waals surface area contributed by atoms with E-state index in [1.165, 1.54) is 15.6 Å². The van der Waals surface area contributed by atoms with Crippen molar-refractivity contribution in [2.75, 3.05) is 32.9 Å². The number of thiophene rings is 1. The van der Waals surface area contributed by atoms with Gasteiger partial charge in [0.1, 0.15) is 4.21 Å². The topological polar surface area (TPSA) is 79.7 Å². The maximum absolute atomic E-state index is 13.1. The minimum atomic E-state index is -3.56. The molecule has 0 spiro atoms. The van der Waals surface area contributed by atoms with Gasteiger partial charge in [0.05, 0.1) is 28.8 Å². The molecule has 0 bridgehead atoms. The Labute approximate surface area is 155 Å². The Balaban J connectivity index is 1.61. The lowest BCUT2D eigenvalue weighted by Gasteiger charge is -2.36. The van der Waals surface area contributed by atoms with Crippen molar-refractivity contribution in [3.05, 3.63) is 22.5 Å². The molecule has 1 N–H and O–H groups in total. The molecule has 0 amide bonds. The number of hydrogen-bond donors (Lipinski definition) is 1. The van der Waals surface area contributed by atoms with Crippen LogP contribution in [0, 0.1) is 18.3 Å². The summed E-state index contributed by atoms with van der Waals surface area (Å²) in [6.45, 7) is 3.80. The van der Waals surface area contributed by atoms with Crippen LogP contribution in [0.25, 0.3) is 10.6 Å². The van der Waals surface area contributed by atoms with E-state index in [1.807, 2.05) is 18.4 Å². The minimum Gasteiger partial charge on any atom is -0.396 e. The molecule has 0 saturated carbocycles. The van der Waals surface area contributed by atoms with Crippen molar-refractivity contribution in [2.45, 2.75) is 17.6 Å². The highest BCUT2D eigenvalue weighted by Crippen LogP contribution is 2.44. The van der Waals surface area contributed by atoms with Crippen LogP contribution in [0.5, 0.6) is 0 Å². The Morgan fingerprint density at radius 3 is 3.00 bits per heavy atom. The lowest BCUT2D eigenvalue weighted by molar-refractivity contribution is -0.0414. The summed E-state index contributed by atoms with van der Waals surface area (Å²) in [6.07, 6.45) is 0.702. The molecule has 2 aliphatic heterocycles. The van der Waals surface area contributed by atoms with Gasteiger partial charge in [0.15, 0.2) is 0 Å². The molecule has 4 rings (SSSR count). The van der Waals surface area contributed by atoms with Gasteiger partial charge in [-0.15, -0.1) is 22.7 Å². The first-order valence-electron chi connectivity index (χ1n) is 8.16. The Hall–Kier alpha value is -0.840. The third-order valence-corrected chi connectivity index (χ3v) is 9.37. The maximum atomic E-state index is 13.1. The highest BCUT2D eigenvalue weighted by atomic mass is 32.2. The number of fused-ring (bicyclic) bond motifs is 1. The van der Waals surface area contributed by atoms with E-state index in [-0.39, 0.29) is 17.9 Å². The van der Waals surface area contributed by atoms with E-state index in [9.17, 15) is 13.5 Å². The molecule has 25 heavy (non-hydrogen) atoms. The molecule has 6 nitrogen and oxygen atoms in total. The first-order valence-corrected chi connectivity index (χ1v) is 11.3. The molecule has 0 unspecified atom stereocenters. The molecule has 2 aromatic heterocycles. The number of rotatable bonds is 4. The number of aliphatic hydroxyl groups is 1. The zero-order chi connectivity index (χ0) is 17.7. The van der Waals surface area contributed by atoms with Crippen molar-refractivity contribution in [1.82, 2.24) is 9.29 Å². The lowest BCUT2D eigenvalue weighted by Crippen LogP contribution is -2.41. The van der Waals surface area contributed by atoms with Crippen molar-refractivity contribution in [3.8, 4) is 10.6 Å². The van der Waals surface area contributed by atoms with E-state index < -0.39 is 10.0 Å². The smallest absolute Gasteiger partial charge is 0.252 e. The molecule has 0 aliphatic carbocycles. The monoisotopic (exact) mass is 400 g/mol. The van der Waals surface area contributed by atoms with Crippen LogP contribution in [0.15, 0.2) is 21.7 Å². The first-order chi connectivity index (χ1) is 11.9. The molecular formula is C16H20N2O4S3. The predicted molar refractivity (Wildman–Crippen MR) is 97.4 cm³/mol. The van der Waals surface area contributed by atoms with Gasteiger partial charge in [-0.1, -0.05) is 0 Å². The number of hydrogen-bond acceptors (Lipinski definition) is 7. The van der Waals surface area contributed by atoms with Crippen LogP contribution in [-0.2, 0) is 14.8 Å². The SMILES string of the molecule is Cc1nc(-c2ccc(S(=O)(=O)N3C[C@@H]4COCC[C@]4(CO)C3)s2)cs1. The Kier molecular flexibility index (Phi) is 4.50. The molecule has 2 aromatic rings. The quantitative estimate of drug-likeness (QED) is 0.851. The van der Waals surface area contributed by atoms with Gasteiger partial charge in [-0.3, -0.25) is 0 Å². The van der Waals surface area contributed by atoms with E-state index >= 15 is 0 Å². The highest BCUT2D eigenvalue weighted by molar-refractivity contribution is 7.91. The van der Waals surface area contributed by atoms with Crippen LogP contribution in [-0.4, -0.2) is 55.7 Å². The molecule has 136 valence electrons. The zero-order valence-corrected chi connectivity index (χ0v) is 16.3. The van der Waals surface area contributed by atoms with Gasteiger partial charge >= 0.3 is 0 Å². The minimum absolute atomic E-state index is 0.000831. The summed E-state index contributed by atoms with van der Waals surface area (Å²) in [6, 6.07) is 3.48. The third kappa shape index (κ3) is 2.96. The van der Waals surface area contributed by atoms with Crippen molar-refractivity contribution in [2.24, 2.45) is 11.3 Å². The number of aromatic nitrogens is 1. The number of aryl methyl sites for hydroxylation is 1. The standard InChI is InChI=1S/C16H20N2O4S3/c1-11-17-13(8-23-11)14-2-3-15(24-14)25(20,21)18-6-12-7-22-5-4-16(12,9-18)10-19/h2-3,8,12,19H,4-7,9-10H2,1H3/t12-,16-/m1/s1. The molecule has 4 heterocycles. The van der Waals surface area contributed by atoms with Gasteiger partial charge in [0.25, 0.3) is 10.0 Å². The summed E-state index contributed by atoms with van der Waals surface area (Å²) in [5.41, 5.74) is 0.460. The van der Waals surface area contributed by atoms with Crippen molar-refractivity contribution < 1.29 is 18.3 Å².